The van der Waals surface area contributed by atoms with Gasteiger partial charge in [0.1, 0.15) is 5.39 Å². The Morgan fingerprint density at radius 3 is 2.74 bits per heavy atom. The molecule has 3 heterocycles. The molecule has 1 atom stereocenters. The quantitative estimate of drug-likeness (QED) is 0.348. The van der Waals surface area contributed by atoms with Crippen LogP contribution >= 0.6 is 0 Å². The third kappa shape index (κ3) is 5.48. The van der Waals surface area contributed by atoms with Crippen molar-refractivity contribution < 1.29 is 8.60 Å². The Kier molecular flexibility index (Phi) is 7.08. The van der Waals surface area contributed by atoms with Crippen LogP contribution in [0.2, 0.25) is 0 Å². The zero-order chi connectivity index (χ0) is 27.9. The van der Waals surface area contributed by atoms with Crippen LogP contribution in [-0.4, -0.2) is 66.1 Å². The van der Waals surface area contributed by atoms with Crippen LogP contribution in [0.4, 0.5) is 21.8 Å². The zero-order valence-electron chi connectivity index (χ0n) is 22.4. The molecule has 1 aliphatic rings. The van der Waals surface area contributed by atoms with E-state index in [-0.39, 0.29) is 34.8 Å². The predicted octanol–water partition coefficient (Wildman–Crippen LogP) is 3.82. The maximum absolute atomic E-state index is 14.5. The number of nitrogens with one attached hydrogen (secondary N) is 1. The van der Waals surface area contributed by atoms with E-state index in [1.807, 2.05) is 6.07 Å². The van der Waals surface area contributed by atoms with Crippen molar-refractivity contribution >= 4 is 38.2 Å². The summed E-state index contributed by atoms with van der Waals surface area (Å²) < 4.78 is 33.5. The lowest BCUT2D eigenvalue weighted by Gasteiger charge is -2.30. The Bertz CT molecular complexity index is 1760. The lowest BCUT2D eigenvalue weighted by Crippen LogP contribution is -2.33. The highest BCUT2D eigenvalue weighted by molar-refractivity contribution is 7.92. The van der Waals surface area contributed by atoms with Gasteiger partial charge in [0.15, 0.2) is 23.1 Å². The van der Waals surface area contributed by atoms with E-state index in [9.17, 15) is 13.4 Å². The van der Waals surface area contributed by atoms with Gasteiger partial charge in [0, 0.05) is 40.2 Å². The van der Waals surface area contributed by atoms with Crippen LogP contribution in [0.5, 0.6) is 0 Å². The number of hydrogen-bond donors (Lipinski definition) is 1. The first kappa shape index (κ1) is 26.7. The summed E-state index contributed by atoms with van der Waals surface area (Å²) in [5.74, 6) is -0.529. The lowest BCUT2D eigenvalue weighted by atomic mass is 9.87. The second-order valence-corrected chi connectivity index (χ2v) is 12.7. The summed E-state index contributed by atoms with van der Waals surface area (Å²) in [7, 11) is 1.56. The minimum absolute atomic E-state index is 0.153. The smallest absolute Gasteiger partial charge is 0.278 e. The van der Waals surface area contributed by atoms with Crippen molar-refractivity contribution in [3.63, 3.8) is 0 Å². The van der Waals surface area contributed by atoms with Crippen molar-refractivity contribution in [2.24, 2.45) is 4.36 Å². The van der Waals surface area contributed by atoms with Crippen LogP contribution in [0.1, 0.15) is 17.5 Å². The SMILES string of the molecule is C=CCn1c(=O)c2cnc(Nc3ccc4c(c3)CCC(N(C)C)C4)nc2n1-c1ccc(F)c(N=S(C)(C)=O)n1. The van der Waals surface area contributed by atoms with E-state index in [1.165, 1.54) is 51.3 Å². The first-order valence-electron chi connectivity index (χ1n) is 12.5. The molecule has 3 aromatic heterocycles. The number of rotatable bonds is 7. The van der Waals surface area contributed by atoms with E-state index in [0.29, 0.717) is 12.0 Å². The number of allylic oxidation sites excluding steroid dienone is 1. The van der Waals surface area contributed by atoms with Gasteiger partial charge in [-0.25, -0.2) is 27.9 Å². The third-order valence-corrected chi connectivity index (χ3v) is 7.32. The van der Waals surface area contributed by atoms with Crippen LogP contribution in [0, 0.1) is 5.82 Å². The van der Waals surface area contributed by atoms with Gasteiger partial charge in [-0.15, -0.1) is 6.58 Å². The Morgan fingerprint density at radius 1 is 1.23 bits per heavy atom. The highest BCUT2D eigenvalue weighted by Crippen LogP contribution is 2.28. The molecule has 0 bridgehead atoms. The van der Waals surface area contributed by atoms with Gasteiger partial charge in [-0.1, -0.05) is 12.1 Å². The van der Waals surface area contributed by atoms with Gasteiger partial charge in [0.2, 0.25) is 5.95 Å². The van der Waals surface area contributed by atoms with Crippen molar-refractivity contribution in [1.29, 1.82) is 0 Å². The molecule has 204 valence electrons. The van der Waals surface area contributed by atoms with E-state index >= 15 is 0 Å². The average Bonchev–Trinajstić information content (AvgIpc) is 3.15. The molecule has 0 spiro atoms. The van der Waals surface area contributed by atoms with E-state index in [2.05, 4.69) is 62.3 Å². The molecule has 1 unspecified atom stereocenters. The molecule has 1 N–H and O–H groups in total. The minimum Gasteiger partial charge on any atom is -0.324 e. The fourth-order valence-corrected chi connectivity index (χ4v) is 5.35. The highest BCUT2D eigenvalue weighted by Gasteiger charge is 2.22. The average molecular weight is 551 g/mol. The fourth-order valence-electron chi connectivity index (χ4n) is 4.80. The monoisotopic (exact) mass is 550 g/mol. The Balaban J connectivity index is 1.57. The van der Waals surface area contributed by atoms with Gasteiger partial charge in [-0.3, -0.25) is 4.79 Å². The third-order valence-electron chi connectivity index (χ3n) is 6.71. The van der Waals surface area contributed by atoms with Crippen LogP contribution in [-0.2, 0) is 29.1 Å². The van der Waals surface area contributed by atoms with E-state index in [1.54, 1.807) is 6.08 Å². The molecule has 0 saturated heterocycles. The van der Waals surface area contributed by atoms with Crippen LogP contribution in [0.25, 0.3) is 16.9 Å². The molecule has 4 aromatic rings. The van der Waals surface area contributed by atoms with Crippen LogP contribution in [0.3, 0.4) is 0 Å². The summed E-state index contributed by atoms with van der Waals surface area (Å²) in [5, 5.41) is 3.52. The Morgan fingerprint density at radius 2 is 2.03 bits per heavy atom. The summed E-state index contributed by atoms with van der Waals surface area (Å²) in [6, 6.07) is 9.38. The molecular formula is C27H31FN8O2S. The number of fused-ring (bicyclic) bond motifs is 2. The summed E-state index contributed by atoms with van der Waals surface area (Å²) in [6.45, 7) is 3.90. The number of nitrogens with zero attached hydrogens (tertiary/aromatic N) is 7. The van der Waals surface area contributed by atoms with Gasteiger partial charge < -0.3 is 10.2 Å². The lowest BCUT2D eigenvalue weighted by molar-refractivity contribution is 0.268. The van der Waals surface area contributed by atoms with Gasteiger partial charge in [-0.05, 0) is 68.8 Å². The summed E-state index contributed by atoms with van der Waals surface area (Å²) in [6.07, 6.45) is 8.91. The maximum atomic E-state index is 14.5. The van der Waals surface area contributed by atoms with Crippen molar-refractivity contribution in [3.8, 4) is 5.82 Å². The minimum atomic E-state index is -2.67. The fraction of sp³-hybridized carbons (Fsp3) is 0.333. The number of likely N-dealkylation sites (N-methyl/N-ethyl adjacent to an activating group) is 1. The molecule has 12 heteroatoms. The van der Waals surface area contributed by atoms with Crippen LogP contribution in [0.15, 0.2) is 58.3 Å². The molecule has 1 aromatic carbocycles. The normalized spacial score (nSPS) is 15.4. The van der Waals surface area contributed by atoms with Gasteiger partial charge in [-0.2, -0.15) is 9.35 Å². The summed E-state index contributed by atoms with van der Waals surface area (Å²) in [4.78, 5) is 28.8. The highest BCUT2D eigenvalue weighted by atomic mass is 32.2. The van der Waals surface area contributed by atoms with E-state index in [0.717, 1.165) is 24.9 Å². The number of aromatic nitrogens is 5. The molecule has 1 aliphatic carbocycles. The molecular weight excluding hydrogens is 519 g/mol. The molecule has 39 heavy (non-hydrogen) atoms. The van der Waals surface area contributed by atoms with Crippen LogP contribution < -0.4 is 10.9 Å². The van der Waals surface area contributed by atoms with Crippen molar-refractivity contribution in [3.05, 3.63) is 76.5 Å². The van der Waals surface area contributed by atoms with E-state index < -0.39 is 15.5 Å². The van der Waals surface area contributed by atoms with Crippen molar-refractivity contribution in [1.82, 2.24) is 29.2 Å². The molecule has 0 radical (unpaired) electrons. The number of anilines is 2. The second-order valence-electron chi connectivity index (χ2n) is 10.1. The maximum Gasteiger partial charge on any atom is 0.278 e. The topological polar surface area (TPSA) is 110 Å². The van der Waals surface area contributed by atoms with Crippen molar-refractivity contribution in [2.45, 2.75) is 31.8 Å². The molecule has 0 amide bonds. The number of halogens is 1. The number of pyridine rings is 1. The predicted molar refractivity (Wildman–Crippen MR) is 152 cm³/mol. The first-order valence-corrected chi connectivity index (χ1v) is 14.9. The Labute approximate surface area is 226 Å². The largest absolute Gasteiger partial charge is 0.324 e. The molecule has 0 fully saturated rings. The standard InChI is InChI=1S/C27H31FN8O2S/c1-6-13-35-26(37)21-16-29-27(30-19-9-7-18-15-20(34(2)3)10-8-17(18)14-19)32-25(21)36(35)23-12-11-22(28)24(31-23)33-39(4,5)38/h6-7,9,11-12,14,16,20H,1,8,10,13,15H2,2-5H3,(H,29,30,32). The second kappa shape index (κ2) is 10.3. The molecule has 10 nitrogen and oxygen atoms in total. The molecule has 0 aliphatic heterocycles. The summed E-state index contributed by atoms with van der Waals surface area (Å²) >= 11 is 0. The van der Waals surface area contributed by atoms with Gasteiger partial charge >= 0.3 is 0 Å². The van der Waals surface area contributed by atoms with Gasteiger partial charge in [0.05, 0.1) is 6.54 Å². The molecule has 5 rings (SSSR count). The number of hydrogen-bond acceptors (Lipinski definition) is 8. The van der Waals surface area contributed by atoms with E-state index in [4.69, 9.17) is 0 Å². The van der Waals surface area contributed by atoms with Crippen molar-refractivity contribution in [2.75, 3.05) is 31.9 Å². The number of aryl methyl sites for hydroxylation is 1. The molecule has 0 saturated carbocycles. The van der Waals surface area contributed by atoms with Gasteiger partial charge in [0.25, 0.3) is 5.56 Å². The Hall–Kier alpha value is -3.90. The zero-order valence-corrected chi connectivity index (χ0v) is 23.2. The summed E-state index contributed by atoms with van der Waals surface area (Å²) in [5.41, 5.74) is 3.41. The first-order chi connectivity index (χ1) is 18.5. The number of benzene rings is 1.